The van der Waals surface area contributed by atoms with Gasteiger partial charge < -0.3 is 10.4 Å². The Labute approximate surface area is 115 Å². The smallest absolute Gasteiger partial charge is 0.242 e. The standard InChI is InChI=1S/C13H15FN4O2/c1-9(10-2-4-11(14)5-3-10)15-13(20)7-18-6-12(8-19)16-17-18/h2-6,9,19H,7-8H2,1H3,(H,15,20). The molecule has 0 radical (unpaired) electrons. The molecule has 6 nitrogen and oxygen atoms in total. The first-order valence-electron chi connectivity index (χ1n) is 6.13. The van der Waals surface area contributed by atoms with Crippen molar-refractivity contribution < 1.29 is 14.3 Å². The predicted octanol–water partition coefficient (Wildman–Crippen LogP) is 0.787. The van der Waals surface area contributed by atoms with E-state index in [2.05, 4.69) is 15.6 Å². The maximum absolute atomic E-state index is 12.8. The van der Waals surface area contributed by atoms with Crippen LogP contribution in [-0.4, -0.2) is 26.0 Å². The minimum Gasteiger partial charge on any atom is -0.390 e. The highest BCUT2D eigenvalue weighted by Crippen LogP contribution is 2.12. The minimum absolute atomic E-state index is 0.0124. The normalized spacial score (nSPS) is 12.2. The lowest BCUT2D eigenvalue weighted by Gasteiger charge is -2.14. The lowest BCUT2D eigenvalue weighted by atomic mass is 10.1. The van der Waals surface area contributed by atoms with E-state index < -0.39 is 0 Å². The number of carbonyl (C=O) groups excluding carboxylic acids is 1. The quantitative estimate of drug-likeness (QED) is 0.847. The summed E-state index contributed by atoms with van der Waals surface area (Å²) in [6.45, 7) is 1.61. The third-order valence-corrected chi connectivity index (χ3v) is 2.80. The number of amides is 1. The van der Waals surface area contributed by atoms with E-state index in [9.17, 15) is 9.18 Å². The fraction of sp³-hybridized carbons (Fsp3) is 0.308. The van der Waals surface area contributed by atoms with Gasteiger partial charge in [0.2, 0.25) is 5.91 Å². The van der Waals surface area contributed by atoms with Gasteiger partial charge in [-0.1, -0.05) is 17.3 Å². The lowest BCUT2D eigenvalue weighted by Crippen LogP contribution is -2.30. The van der Waals surface area contributed by atoms with E-state index in [0.717, 1.165) is 5.56 Å². The molecule has 1 amide bonds. The third kappa shape index (κ3) is 3.61. The molecule has 1 heterocycles. The van der Waals surface area contributed by atoms with Gasteiger partial charge in [0.1, 0.15) is 18.1 Å². The van der Waals surface area contributed by atoms with E-state index in [1.165, 1.54) is 23.0 Å². The average Bonchev–Trinajstić information content (AvgIpc) is 2.86. The highest BCUT2D eigenvalue weighted by Gasteiger charge is 2.11. The van der Waals surface area contributed by atoms with E-state index in [-0.39, 0.29) is 30.9 Å². The van der Waals surface area contributed by atoms with Crippen molar-refractivity contribution in [3.8, 4) is 0 Å². The number of halogens is 1. The Kier molecular flexibility index (Phi) is 4.41. The topological polar surface area (TPSA) is 80.0 Å². The molecular weight excluding hydrogens is 263 g/mol. The van der Waals surface area contributed by atoms with Crippen molar-refractivity contribution >= 4 is 5.91 Å². The van der Waals surface area contributed by atoms with Crippen LogP contribution >= 0.6 is 0 Å². The van der Waals surface area contributed by atoms with Crippen LogP contribution in [0.3, 0.4) is 0 Å². The molecule has 0 bridgehead atoms. The van der Waals surface area contributed by atoms with Gasteiger partial charge in [-0.25, -0.2) is 9.07 Å². The fourth-order valence-corrected chi connectivity index (χ4v) is 1.76. The van der Waals surface area contributed by atoms with Crippen LogP contribution in [0, 0.1) is 5.82 Å². The molecule has 2 rings (SSSR count). The molecule has 0 saturated carbocycles. The molecule has 0 saturated heterocycles. The van der Waals surface area contributed by atoms with Crippen LogP contribution in [0.1, 0.15) is 24.2 Å². The molecule has 0 fully saturated rings. The van der Waals surface area contributed by atoms with Gasteiger partial charge in [-0.15, -0.1) is 5.10 Å². The Balaban J connectivity index is 1.92. The van der Waals surface area contributed by atoms with Crippen molar-refractivity contribution in [3.63, 3.8) is 0 Å². The van der Waals surface area contributed by atoms with Gasteiger partial charge >= 0.3 is 0 Å². The zero-order valence-electron chi connectivity index (χ0n) is 11.0. The maximum atomic E-state index is 12.8. The van der Waals surface area contributed by atoms with Crippen molar-refractivity contribution in [2.24, 2.45) is 0 Å². The van der Waals surface area contributed by atoms with Crippen molar-refractivity contribution in [1.29, 1.82) is 0 Å². The molecule has 1 aromatic carbocycles. The van der Waals surface area contributed by atoms with Crippen LogP contribution in [0.4, 0.5) is 4.39 Å². The van der Waals surface area contributed by atoms with E-state index in [1.54, 1.807) is 12.1 Å². The molecule has 0 aliphatic rings. The highest BCUT2D eigenvalue weighted by molar-refractivity contribution is 5.76. The largest absolute Gasteiger partial charge is 0.390 e. The molecule has 2 aromatic rings. The SMILES string of the molecule is CC(NC(=O)Cn1cc(CO)nn1)c1ccc(F)cc1. The molecule has 0 spiro atoms. The Morgan fingerprint density at radius 1 is 1.45 bits per heavy atom. The molecule has 1 unspecified atom stereocenters. The molecule has 0 aliphatic heterocycles. The molecule has 7 heteroatoms. The van der Waals surface area contributed by atoms with Gasteiger partial charge in [0.15, 0.2) is 0 Å². The number of aromatic nitrogens is 3. The Bertz CT molecular complexity index is 582. The van der Waals surface area contributed by atoms with Gasteiger partial charge in [0, 0.05) is 0 Å². The summed E-state index contributed by atoms with van der Waals surface area (Å²) in [6, 6.07) is 5.72. The van der Waals surface area contributed by atoms with Gasteiger partial charge in [-0.3, -0.25) is 4.79 Å². The summed E-state index contributed by atoms with van der Waals surface area (Å²) in [5, 5.41) is 19.0. The Morgan fingerprint density at radius 2 is 2.15 bits per heavy atom. The molecule has 106 valence electrons. The maximum Gasteiger partial charge on any atom is 0.242 e. The monoisotopic (exact) mass is 278 g/mol. The van der Waals surface area contributed by atoms with E-state index in [4.69, 9.17) is 5.11 Å². The highest BCUT2D eigenvalue weighted by atomic mass is 19.1. The van der Waals surface area contributed by atoms with Gasteiger partial charge in [-0.05, 0) is 24.6 Å². The molecule has 0 aliphatic carbocycles. The van der Waals surface area contributed by atoms with Crippen LogP contribution in [0.25, 0.3) is 0 Å². The second kappa shape index (κ2) is 6.25. The first kappa shape index (κ1) is 14.1. The Hall–Kier alpha value is -2.28. The summed E-state index contributed by atoms with van der Waals surface area (Å²) in [4.78, 5) is 11.8. The zero-order chi connectivity index (χ0) is 14.5. The third-order valence-electron chi connectivity index (χ3n) is 2.80. The number of nitrogens with one attached hydrogen (secondary N) is 1. The second-order valence-electron chi connectivity index (χ2n) is 4.41. The number of carbonyl (C=O) groups is 1. The van der Waals surface area contributed by atoms with E-state index in [1.807, 2.05) is 6.92 Å². The van der Waals surface area contributed by atoms with Gasteiger partial charge in [0.05, 0.1) is 18.8 Å². The Morgan fingerprint density at radius 3 is 2.75 bits per heavy atom. The lowest BCUT2D eigenvalue weighted by molar-refractivity contribution is -0.122. The average molecular weight is 278 g/mol. The molecule has 2 N–H and O–H groups in total. The van der Waals surface area contributed by atoms with E-state index in [0.29, 0.717) is 5.69 Å². The summed E-state index contributed by atoms with van der Waals surface area (Å²) in [5.41, 5.74) is 1.22. The number of aliphatic hydroxyl groups is 1. The minimum atomic E-state index is -0.313. The van der Waals surface area contributed by atoms with Crippen LogP contribution in [0.15, 0.2) is 30.5 Å². The van der Waals surface area contributed by atoms with Crippen molar-refractivity contribution in [2.45, 2.75) is 26.1 Å². The van der Waals surface area contributed by atoms with Crippen molar-refractivity contribution in [1.82, 2.24) is 20.3 Å². The number of hydrogen-bond donors (Lipinski definition) is 2. The van der Waals surface area contributed by atoms with E-state index >= 15 is 0 Å². The van der Waals surface area contributed by atoms with Crippen LogP contribution in [0.5, 0.6) is 0 Å². The van der Waals surface area contributed by atoms with Crippen LogP contribution < -0.4 is 5.32 Å². The molecule has 1 aromatic heterocycles. The van der Waals surface area contributed by atoms with Crippen LogP contribution in [0.2, 0.25) is 0 Å². The molecular formula is C13H15FN4O2. The van der Waals surface area contributed by atoms with Gasteiger partial charge in [-0.2, -0.15) is 0 Å². The summed E-state index contributed by atoms with van der Waals surface area (Å²) in [5.74, 6) is -0.553. The molecule has 20 heavy (non-hydrogen) atoms. The first-order chi connectivity index (χ1) is 9.58. The zero-order valence-corrected chi connectivity index (χ0v) is 11.0. The number of nitrogens with zero attached hydrogens (tertiary/aromatic N) is 3. The summed E-state index contributed by atoms with van der Waals surface area (Å²) in [6.07, 6.45) is 1.50. The van der Waals surface area contributed by atoms with Crippen molar-refractivity contribution in [3.05, 3.63) is 47.5 Å². The predicted molar refractivity (Wildman–Crippen MR) is 68.9 cm³/mol. The fourth-order valence-electron chi connectivity index (χ4n) is 1.76. The van der Waals surface area contributed by atoms with Crippen LogP contribution in [-0.2, 0) is 17.9 Å². The number of benzene rings is 1. The van der Waals surface area contributed by atoms with Crippen molar-refractivity contribution in [2.75, 3.05) is 0 Å². The number of aliphatic hydroxyl groups excluding tert-OH is 1. The molecule has 1 atom stereocenters. The number of hydrogen-bond acceptors (Lipinski definition) is 4. The van der Waals surface area contributed by atoms with Gasteiger partial charge in [0.25, 0.3) is 0 Å². The summed E-state index contributed by atoms with van der Waals surface area (Å²) in [7, 11) is 0. The summed E-state index contributed by atoms with van der Waals surface area (Å²) < 4.78 is 14.2. The summed E-state index contributed by atoms with van der Waals surface area (Å²) >= 11 is 0. The number of rotatable bonds is 5. The first-order valence-corrected chi connectivity index (χ1v) is 6.13. The second-order valence-corrected chi connectivity index (χ2v) is 4.41.